The van der Waals surface area contributed by atoms with Crippen molar-refractivity contribution in [1.82, 2.24) is 14.9 Å². The van der Waals surface area contributed by atoms with Crippen LogP contribution in [0.1, 0.15) is 42.8 Å². The highest BCUT2D eigenvalue weighted by Gasteiger charge is 2.32. The Bertz CT molecular complexity index is 611. The van der Waals surface area contributed by atoms with Crippen molar-refractivity contribution in [2.45, 2.75) is 63.8 Å². The predicted octanol–water partition coefficient (Wildman–Crippen LogP) is 2.28. The Morgan fingerprint density at radius 1 is 1.30 bits per heavy atom. The Kier molecular flexibility index (Phi) is 4.23. The van der Waals surface area contributed by atoms with Gasteiger partial charge < -0.3 is 19.4 Å². The SMILES string of the molecule is O[C@@H]1CC(Cn2ccnc2)C[C@H]1NCc1cc2c(o1)CCCC2. The lowest BCUT2D eigenvalue weighted by Crippen LogP contribution is -2.35. The minimum Gasteiger partial charge on any atom is -0.464 e. The van der Waals surface area contributed by atoms with Crippen LogP contribution in [-0.4, -0.2) is 26.8 Å². The molecule has 5 heteroatoms. The predicted molar refractivity (Wildman–Crippen MR) is 86.9 cm³/mol. The summed E-state index contributed by atoms with van der Waals surface area (Å²) in [5.41, 5.74) is 1.39. The van der Waals surface area contributed by atoms with Gasteiger partial charge in [-0.3, -0.25) is 0 Å². The molecule has 23 heavy (non-hydrogen) atoms. The summed E-state index contributed by atoms with van der Waals surface area (Å²) < 4.78 is 8.05. The van der Waals surface area contributed by atoms with Crippen LogP contribution in [0.4, 0.5) is 0 Å². The number of hydrogen-bond donors (Lipinski definition) is 2. The largest absolute Gasteiger partial charge is 0.464 e. The summed E-state index contributed by atoms with van der Waals surface area (Å²) in [5, 5.41) is 13.8. The van der Waals surface area contributed by atoms with Gasteiger partial charge in [-0.1, -0.05) is 0 Å². The maximum atomic E-state index is 10.3. The first-order valence-electron chi connectivity index (χ1n) is 8.75. The molecule has 2 aliphatic carbocycles. The molecule has 2 N–H and O–H groups in total. The fourth-order valence-electron chi connectivity index (χ4n) is 4.05. The molecule has 2 aromatic heterocycles. The standard InChI is InChI=1S/C18H25N3O2/c22-17-8-13(11-21-6-5-19-12-21)7-16(17)20-10-15-9-14-3-1-2-4-18(14)23-15/h5-6,9,12-13,16-17,20,22H,1-4,7-8,10-11H2/t13?,16-,17-/m1/s1. The highest BCUT2D eigenvalue weighted by Crippen LogP contribution is 2.29. The molecule has 3 atom stereocenters. The second-order valence-corrected chi connectivity index (χ2v) is 7.02. The summed E-state index contributed by atoms with van der Waals surface area (Å²) >= 11 is 0. The van der Waals surface area contributed by atoms with Gasteiger partial charge in [0, 0.05) is 31.4 Å². The molecule has 1 fully saturated rings. The summed E-state index contributed by atoms with van der Waals surface area (Å²) in [7, 11) is 0. The third kappa shape index (κ3) is 3.35. The van der Waals surface area contributed by atoms with Gasteiger partial charge in [0.1, 0.15) is 11.5 Å². The zero-order valence-electron chi connectivity index (χ0n) is 13.4. The van der Waals surface area contributed by atoms with E-state index in [2.05, 4.69) is 20.9 Å². The smallest absolute Gasteiger partial charge is 0.118 e. The molecule has 0 saturated heterocycles. The van der Waals surface area contributed by atoms with Crippen molar-refractivity contribution < 1.29 is 9.52 Å². The minimum absolute atomic E-state index is 0.158. The van der Waals surface area contributed by atoms with Crippen LogP contribution in [0.15, 0.2) is 29.2 Å². The lowest BCUT2D eigenvalue weighted by atomic mass is 9.99. The van der Waals surface area contributed by atoms with Crippen LogP contribution in [-0.2, 0) is 25.9 Å². The zero-order valence-corrected chi connectivity index (χ0v) is 13.4. The Labute approximate surface area is 136 Å². The lowest BCUT2D eigenvalue weighted by molar-refractivity contribution is 0.144. The van der Waals surface area contributed by atoms with E-state index in [0.29, 0.717) is 12.5 Å². The number of fused-ring (bicyclic) bond motifs is 1. The Morgan fingerprint density at radius 2 is 2.22 bits per heavy atom. The molecule has 0 bridgehead atoms. The van der Waals surface area contributed by atoms with Gasteiger partial charge in [0.2, 0.25) is 0 Å². The number of aryl methyl sites for hydroxylation is 2. The summed E-state index contributed by atoms with van der Waals surface area (Å²) in [6, 6.07) is 2.36. The third-order valence-electron chi connectivity index (χ3n) is 5.24. The van der Waals surface area contributed by atoms with E-state index < -0.39 is 0 Å². The van der Waals surface area contributed by atoms with E-state index in [1.807, 2.05) is 12.5 Å². The van der Waals surface area contributed by atoms with Crippen LogP contribution in [0, 0.1) is 5.92 Å². The number of furan rings is 1. The van der Waals surface area contributed by atoms with Crippen molar-refractivity contribution in [3.8, 4) is 0 Å². The van der Waals surface area contributed by atoms with E-state index in [0.717, 1.165) is 38.0 Å². The van der Waals surface area contributed by atoms with Crippen LogP contribution in [0.3, 0.4) is 0 Å². The van der Waals surface area contributed by atoms with Gasteiger partial charge in [-0.15, -0.1) is 0 Å². The van der Waals surface area contributed by atoms with E-state index in [-0.39, 0.29) is 12.1 Å². The highest BCUT2D eigenvalue weighted by atomic mass is 16.3. The van der Waals surface area contributed by atoms with Gasteiger partial charge in [0.15, 0.2) is 0 Å². The van der Waals surface area contributed by atoms with E-state index in [1.165, 1.54) is 24.2 Å². The van der Waals surface area contributed by atoms with Crippen LogP contribution < -0.4 is 5.32 Å². The molecule has 4 rings (SSSR count). The monoisotopic (exact) mass is 315 g/mol. The molecular formula is C18H25N3O2. The van der Waals surface area contributed by atoms with E-state index in [1.54, 1.807) is 6.20 Å². The average Bonchev–Trinajstić information content (AvgIpc) is 3.25. The molecule has 124 valence electrons. The van der Waals surface area contributed by atoms with E-state index in [4.69, 9.17) is 4.42 Å². The van der Waals surface area contributed by atoms with E-state index >= 15 is 0 Å². The normalized spacial score (nSPS) is 27.3. The van der Waals surface area contributed by atoms with Crippen molar-refractivity contribution in [1.29, 1.82) is 0 Å². The van der Waals surface area contributed by atoms with Crippen molar-refractivity contribution in [3.05, 3.63) is 41.9 Å². The first-order valence-corrected chi connectivity index (χ1v) is 8.75. The van der Waals surface area contributed by atoms with Crippen LogP contribution in [0.25, 0.3) is 0 Å². The fourth-order valence-corrected chi connectivity index (χ4v) is 4.05. The number of aromatic nitrogens is 2. The summed E-state index contributed by atoms with van der Waals surface area (Å²) in [4.78, 5) is 4.08. The maximum Gasteiger partial charge on any atom is 0.118 e. The molecule has 0 aliphatic heterocycles. The first kappa shape index (κ1) is 15.0. The molecule has 2 aromatic rings. The molecule has 0 aromatic carbocycles. The van der Waals surface area contributed by atoms with Crippen molar-refractivity contribution in [3.63, 3.8) is 0 Å². The van der Waals surface area contributed by atoms with Gasteiger partial charge >= 0.3 is 0 Å². The molecule has 0 radical (unpaired) electrons. The maximum absolute atomic E-state index is 10.3. The van der Waals surface area contributed by atoms with Crippen LogP contribution >= 0.6 is 0 Å². The molecule has 1 saturated carbocycles. The number of rotatable bonds is 5. The van der Waals surface area contributed by atoms with Crippen LogP contribution in [0.5, 0.6) is 0 Å². The molecule has 0 spiro atoms. The Morgan fingerprint density at radius 3 is 3.04 bits per heavy atom. The second-order valence-electron chi connectivity index (χ2n) is 7.02. The van der Waals surface area contributed by atoms with Crippen molar-refractivity contribution >= 4 is 0 Å². The summed E-state index contributed by atoms with van der Waals surface area (Å²) in [6.45, 7) is 1.65. The van der Waals surface area contributed by atoms with Gasteiger partial charge in [0.05, 0.1) is 19.0 Å². The fraction of sp³-hybridized carbons (Fsp3) is 0.611. The third-order valence-corrected chi connectivity index (χ3v) is 5.24. The summed E-state index contributed by atoms with van der Waals surface area (Å²) in [5.74, 6) is 2.70. The first-order chi connectivity index (χ1) is 11.3. The number of imidazole rings is 1. The number of aliphatic hydroxyl groups excluding tert-OH is 1. The molecule has 5 nitrogen and oxygen atoms in total. The zero-order chi connectivity index (χ0) is 15.6. The topological polar surface area (TPSA) is 63.2 Å². The highest BCUT2D eigenvalue weighted by molar-refractivity contribution is 5.24. The summed E-state index contributed by atoms with van der Waals surface area (Å²) in [6.07, 6.45) is 12.0. The van der Waals surface area contributed by atoms with Gasteiger partial charge in [-0.2, -0.15) is 0 Å². The molecule has 2 heterocycles. The Hall–Kier alpha value is -1.59. The van der Waals surface area contributed by atoms with E-state index in [9.17, 15) is 5.11 Å². The lowest BCUT2D eigenvalue weighted by Gasteiger charge is -2.15. The number of aliphatic hydroxyl groups is 1. The van der Waals surface area contributed by atoms with Crippen LogP contribution in [0.2, 0.25) is 0 Å². The quantitative estimate of drug-likeness (QED) is 0.888. The second kappa shape index (κ2) is 6.49. The average molecular weight is 315 g/mol. The minimum atomic E-state index is -0.270. The number of nitrogens with one attached hydrogen (secondary N) is 1. The van der Waals surface area contributed by atoms with Crippen molar-refractivity contribution in [2.24, 2.45) is 5.92 Å². The molecule has 1 unspecified atom stereocenters. The van der Waals surface area contributed by atoms with Gasteiger partial charge in [-0.25, -0.2) is 4.98 Å². The number of nitrogens with zero attached hydrogens (tertiary/aromatic N) is 2. The molecular weight excluding hydrogens is 290 g/mol. The van der Waals surface area contributed by atoms with Crippen molar-refractivity contribution in [2.75, 3.05) is 0 Å². The number of hydrogen-bond acceptors (Lipinski definition) is 4. The van der Waals surface area contributed by atoms with Gasteiger partial charge in [0.25, 0.3) is 0 Å². The molecule has 2 aliphatic rings. The molecule has 0 amide bonds. The Balaban J connectivity index is 1.31. The van der Waals surface area contributed by atoms with Gasteiger partial charge in [-0.05, 0) is 49.7 Å².